The zero-order chi connectivity index (χ0) is 30.8. The summed E-state index contributed by atoms with van der Waals surface area (Å²) in [4.78, 5) is 32.4. The summed E-state index contributed by atoms with van der Waals surface area (Å²) in [7, 11) is 1.74. The van der Waals surface area contributed by atoms with Gasteiger partial charge < -0.3 is 9.57 Å². The van der Waals surface area contributed by atoms with E-state index in [0.717, 1.165) is 50.8 Å². The van der Waals surface area contributed by atoms with Gasteiger partial charge in [0.05, 0.1) is 11.1 Å². The van der Waals surface area contributed by atoms with Gasteiger partial charge in [-0.25, -0.2) is 0 Å². The molecule has 1 aromatic heterocycles. The molecule has 1 heterocycles. The van der Waals surface area contributed by atoms with Crippen LogP contribution < -0.4 is 16.5 Å². The molecule has 0 fully saturated rings. The normalized spacial score (nSPS) is 16.8. The molecule has 1 amide bonds. The Labute approximate surface area is 259 Å². The van der Waals surface area contributed by atoms with Gasteiger partial charge in [-0.3, -0.25) is 20.0 Å². The van der Waals surface area contributed by atoms with E-state index in [-0.39, 0.29) is 5.91 Å². The number of hydrazine groups is 2. The van der Waals surface area contributed by atoms with Gasteiger partial charge in [0, 0.05) is 33.3 Å². The third-order valence-corrected chi connectivity index (χ3v) is 8.15. The standard InChI is InChI=1S/C36H40N4O4/c1-26(41)44-40-39-38-35(42)17-9-6-11-27-18-21-29(22-19-27)36(34-23-20-28(25-37-34)12-10-24-43-2)32-15-5-3-4-13-30(32)31-14-7-8-16-33(31)36/h3-4,7-8,13-16,18-23,25,39-40H,5-6,9-12,17,24H2,1-2H3,(H,38,42). The van der Waals surface area contributed by atoms with Crippen LogP contribution in [0.5, 0.6) is 0 Å². The first-order valence-electron chi connectivity index (χ1n) is 15.2. The molecule has 228 valence electrons. The number of amides is 1. The first-order chi connectivity index (χ1) is 21.5. The number of allylic oxidation sites excluding steroid dienone is 6. The quantitative estimate of drug-likeness (QED) is 0.166. The highest BCUT2D eigenvalue weighted by Crippen LogP contribution is 2.57. The fraction of sp³-hybridized carbons (Fsp3) is 0.306. The molecule has 1 atom stereocenters. The molecule has 3 aromatic rings. The maximum absolute atomic E-state index is 12.0. The number of hydrogen-bond acceptors (Lipinski definition) is 7. The summed E-state index contributed by atoms with van der Waals surface area (Å²) in [5.74, 6) is -0.697. The lowest BCUT2D eigenvalue weighted by molar-refractivity contribution is -0.152. The van der Waals surface area contributed by atoms with Crippen molar-refractivity contribution in [3.8, 4) is 0 Å². The van der Waals surface area contributed by atoms with Crippen molar-refractivity contribution in [2.45, 2.75) is 57.3 Å². The maximum atomic E-state index is 12.0. The smallest absolute Gasteiger partial charge is 0.323 e. The highest BCUT2D eigenvalue weighted by atomic mass is 16.7. The van der Waals surface area contributed by atoms with Gasteiger partial charge in [-0.2, -0.15) is 0 Å². The second-order valence-corrected chi connectivity index (χ2v) is 11.1. The lowest BCUT2D eigenvalue weighted by Crippen LogP contribution is -2.46. The number of nitrogens with one attached hydrogen (secondary N) is 3. The Morgan fingerprint density at radius 1 is 0.955 bits per heavy atom. The van der Waals surface area contributed by atoms with E-state index in [4.69, 9.17) is 9.72 Å². The topological polar surface area (TPSA) is 102 Å². The van der Waals surface area contributed by atoms with Crippen molar-refractivity contribution >= 4 is 17.4 Å². The number of unbranched alkanes of at least 4 members (excludes halogenated alkanes) is 1. The van der Waals surface area contributed by atoms with Gasteiger partial charge in [0.15, 0.2) is 0 Å². The van der Waals surface area contributed by atoms with Crippen molar-refractivity contribution in [3.05, 3.63) is 130 Å². The number of carbonyl (C=O) groups excluding carboxylic acids is 2. The Balaban J connectivity index is 1.38. The molecule has 1 unspecified atom stereocenters. The lowest BCUT2D eigenvalue weighted by Gasteiger charge is -2.33. The first-order valence-corrected chi connectivity index (χ1v) is 15.2. The monoisotopic (exact) mass is 592 g/mol. The maximum Gasteiger partial charge on any atom is 0.323 e. The number of hydrogen-bond donors (Lipinski definition) is 3. The van der Waals surface area contributed by atoms with Crippen LogP contribution in [-0.4, -0.2) is 30.6 Å². The molecule has 44 heavy (non-hydrogen) atoms. The summed E-state index contributed by atoms with van der Waals surface area (Å²) in [5, 5.41) is 0. The largest absolute Gasteiger partial charge is 0.385 e. The fourth-order valence-corrected chi connectivity index (χ4v) is 6.15. The summed E-state index contributed by atoms with van der Waals surface area (Å²) in [6, 6.07) is 22.1. The number of benzene rings is 2. The minimum atomic E-state index is -0.525. The van der Waals surface area contributed by atoms with E-state index >= 15 is 0 Å². The van der Waals surface area contributed by atoms with Gasteiger partial charge in [0.25, 0.3) is 0 Å². The molecule has 5 rings (SSSR count). The van der Waals surface area contributed by atoms with Gasteiger partial charge in [-0.05, 0) is 83.6 Å². The molecule has 2 aromatic carbocycles. The Morgan fingerprint density at radius 2 is 1.75 bits per heavy atom. The summed E-state index contributed by atoms with van der Waals surface area (Å²) < 4.78 is 5.25. The Hall–Kier alpha value is -4.37. The van der Waals surface area contributed by atoms with Crippen molar-refractivity contribution in [2.75, 3.05) is 13.7 Å². The lowest BCUT2D eigenvalue weighted by atomic mass is 9.69. The summed E-state index contributed by atoms with van der Waals surface area (Å²) in [6.07, 6.45) is 16.6. The molecule has 0 spiro atoms. The van der Waals surface area contributed by atoms with Crippen LogP contribution in [-0.2, 0) is 37.4 Å². The number of pyridine rings is 1. The molecule has 8 heteroatoms. The van der Waals surface area contributed by atoms with Gasteiger partial charge >= 0.3 is 5.97 Å². The molecule has 0 saturated carbocycles. The summed E-state index contributed by atoms with van der Waals surface area (Å²) in [6.45, 7) is 1.99. The first kappa shape index (κ1) is 31.1. The molecule has 0 saturated heterocycles. The van der Waals surface area contributed by atoms with Crippen molar-refractivity contribution < 1.29 is 19.2 Å². The molecule has 0 bridgehead atoms. The van der Waals surface area contributed by atoms with E-state index in [1.807, 2.05) is 6.20 Å². The van der Waals surface area contributed by atoms with Gasteiger partial charge in [-0.1, -0.05) is 84.5 Å². The number of rotatable bonds is 14. The van der Waals surface area contributed by atoms with Crippen LogP contribution in [0.1, 0.15) is 72.5 Å². The number of aryl methyl sites for hydroxylation is 2. The third-order valence-electron chi connectivity index (χ3n) is 8.15. The third kappa shape index (κ3) is 6.89. The predicted molar refractivity (Wildman–Crippen MR) is 171 cm³/mol. The van der Waals surface area contributed by atoms with E-state index < -0.39 is 11.4 Å². The fourth-order valence-electron chi connectivity index (χ4n) is 6.15. The van der Waals surface area contributed by atoms with Gasteiger partial charge in [0.1, 0.15) is 0 Å². The predicted octanol–water partition coefficient (Wildman–Crippen LogP) is 5.59. The zero-order valence-corrected chi connectivity index (χ0v) is 25.4. The SMILES string of the molecule is COCCCc1ccc(C2(c3ccc(CCCCC(=O)NNNOC(C)=O)cc3)C3=CCC=CC=C3c3ccccc32)nc1. The average Bonchev–Trinajstić information content (AvgIpc) is 3.14. The van der Waals surface area contributed by atoms with E-state index in [2.05, 4.69) is 106 Å². The van der Waals surface area contributed by atoms with Gasteiger partial charge in [-0.15, -0.1) is 5.53 Å². The Bertz CT molecular complexity index is 1540. The van der Waals surface area contributed by atoms with E-state index in [0.29, 0.717) is 6.42 Å². The van der Waals surface area contributed by atoms with Gasteiger partial charge in [0.2, 0.25) is 5.91 Å². The minimum absolute atomic E-state index is 0.186. The molecule has 8 nitrogen and oxygen atoms in total. The van der Waals surface area contributed by atoms with Crippen molar-refractivity contribution in [1.82, 2.24) is 21.5 Å². The van der Waals surface area contributed by atoms with Crippen LogP contribution in [0.2, 0.25) is 0 Å². The van der Waals surface area contributed by atoms with Crippen LogP contribution >= 0.6 is 0 Å². The molecule has 3 N–H and O–H groups in total. The number of nitrogens with zero attached hydrogens (tertiary/aromatic N) is 1. The van der Waals surface area contributed by atoms with Crippen LogP contribution in [0, 0.1) is 0 Å². The number of fused-ring (bicyclic) bond motifs is 3. The molecule has 0 aliphatic heterocycles. The summed E-state index contributed by atoms with van der Waals surface area (Å²) in [5.41, 5.74) is 16.1. The average molecular weight is 593 g/mol. The summed E-state index contributed by atoms with van der Waals surface area (Å²) >= 11 is 0. The minimum Gasteiger partial charge on any atom is -0.385 e. The second kappa shape index (κ2) is 14.9. The van der Waals surface area contributed by atoms with Crippen LogP contribution in [0.4, 0.5) is 0 Å². The second-order valence-electron chi connectivity index (χ2n) is 11.1. The van der Waals surface area contributed by atoms with E-state index in [1.54, 1.807) is 7.11 Å². The highest BCUT2D eigenvalue weighted by molar-refractivity contribution is 5.94. The van der Waals surface area contributed by atoms with E-state index in [1.165, 1.54) is 45.9 Å². The molecular weight excluding hydrogens is 552 g/mol. The molecule has 2 aliphatic rings. The van der Waals surface area contributed by atoms with E-state index in [9.17, 15) is 9.59 Å². The molecule has 0 radical (unpaired) electrons. The number of carbonyl (C=O) groups is 2. The van der Waals surface area contributed by atoms with Crippen LogP contribution in [0.3, 0.4) is 0 Å². The number of aromatic nitrogens is 1. The highest BCUT2D eigenvalue weighted by Gasteiger charge is 2.49. The Kier molecular flexibility index (Phi) is 10.5. The molecule has 2 aliphatic carbocycles. The zero-order valence-electron chi connectivity index (χ0n) is 25.4. The van der Waals surface area contributed by atoms with Crippen LogP contribution in [0.15, 0.2) is 96.7 Å². The van der Waals surface area contributed by atoms with Crippen molar-refractivity contribution in [3.63, 3.8) is 0 Å². The Morgan fingerprint density at radius 3 is 2.52 bits per heavy atom. The number of methoxy groups -OCH3 is 1. The number of ether oxygens (including phenoxy) is 1. The molecular formula is C36H40N4O4. The van der Waals surface area contributed by atoms with Crippen LogP contribution in [0.25, 0.3) is 5.57 Å². The van der Waals surface area contributed by atoms with Crippen molar-refractivity contribution in [2.24, 2.45) is 0 Å². The van der Waals surface area contributed by atoms with Crippen molar-refractivity contribution in [1.29, 1.82) is 0 Å².